The molecular weight excluding hydrogens is 328 g/mol. The maximum absolute atomic E-state index is 12.6. The summed E-state index contributed by atoms with van der Waals surface area (Å²) < 4.78 is 0. The molecular formula is C17H14N2O4S. The Labute approximate surface area is 142 Å². The van der Waals surface area contributed by atoms with Gasteiger partial charge in [-0.2, -0.15) is 0 Å². The summed E-state index contributed by atoms with van der Waals surface area (Å²) in [5.41, 5.74) is 2.14. The van der Waals surface area contributed by atoms with Gasteiger partial charge in [0.15, 0.2) is 5.37 Å². The third kappa shape index (κ3) is 2.98. The fourth-order valence-corrected chi connectivity index (χ4v) is 3.29. The number of aromatic carboxylic acids is 1. The van der Waals surface area contributed by atoms with E-state index in [0.29, 0.717) is 11.4 Å². The van der Waals surface area contributed by atoms with Crippen molar-refractivity contribution in [2.45, 2.75) is 12.3 Å². The van der Waals surface area contributed by atoms with E-state index in [-0.39, 0.29) is 16.7 Å². The lowest BCUT2D eigenvalue weighted by atomic mass is 10.2. The number of nitrogens with one attached hydrogen (secondary N) is 1. The summed E-state index contributed by atoms with van der Waals surface area (Å²) in [5.74, 6) is -1.37. The largest absolute Gasteiger partial charge is 0.478 e. The second kappa shape index (κ2) is 6.37. The van der Waals surface area contributed by atoms with Crippen molar-refractivity contribution in [3.05, 3.63) is 59.7 Å². The molecule has 6 nitrogen and oxygen atoms in total. The van der Waals surface area contributed by atoms with Crippen molar-refractivity contribution in [1.82, 2.24) is 0 Å². The first-order valence-corrected chi connectivity index (χ1v) is 8.05. The Hall–Kier alpha value is -2.80. The van der Waals surface area contributed by atoms with E-state index in [1.807, 2.05) is 19.1 Å². The molecule has 2 aromatic rings. The number of carboxylic acid groups (broad SMARTS) is 1. The molecule has 1 aliphatic rings. The van der Waals surface area contributed by atoms with Crippen molar-refractivity contribution in [3.8, 4) is 0 Å². The lowest BCUT2D eigenvalue weighted by Gasteiger charge is -2.16. The molecule has 0 bridgehead atoms. The second-order valence-corrected chi connectivity index (χ2v) is 6.31. The molecule has 2 N–H and O–H groups in total. The highest BCUT2D eigenvalue weighted by Gasteiger charge is 2.41. The van der Waals surface area contributed by atoms with Gasteiger partial charge in [-0.3, -0.25) is 9.59 Å². The van der Waals surface area contributed by atoms with Crippen LogP contribution >= 0.6 is 11.8 Å². The Bertz CT molecular complexity index is 820. The Morgan fingerprint density at radius 2 is 1.79 bits per heavy atom. The quantitative estimate of drug-likeness (QED) is 0.886. The highest BCUT2D eigenvalue weighted by Crippen LogP contribution is 2.33. The number of nitrogens with zero attached hydrogens (tertiary/aromatic N) is 1. The third-order valence-corrected chi connectivity index (χ3v) is 4.57. The summed E-state index contributed by atoms with van der Waals surface area (Å²) in [7, 11) is 0. The van der Waals surface area contributed by atoms with Crippen molar-refractivity contribution >= 4 is 40.3 Å². The molecule has 1 atom stereocenters. The van der Waals surface area contributed by atoms with Gasteiger partial charge in [0.25, 0.3) is 11.1 Å². The number of hydrogen-bond donors (Lipinski definition) is 2. The molecule has 24 heavy (non-hydrogen) atoms. The first-order valence-electron chi connectivity index (χ1n) is 7.17. The van der Waals surface area contributed by atoms with Gasteiger partial charge in [0.1, 0.15) is 0 Å². The second-order valence-electron chi connectivity index (χ2n) is 5.25. The number of amides is 2. The maximum atomic E-state index is 12.6. The van der Waals surface area contributed by atoms with Gasteiger partial charge in [0.2, 0.25) is 0 Å². The molecule has 0 radical (unpaired) electrons. The van der Waals surface area contributed by atoms with Crippen molar-refractivity contribution in [3.63, 3.8) is 0 Å². The number of para-hydroxylation sites is 1. The molecule has 0 aliphatic carbocycles. The molecule has 1 saturated heterocycles. The highest BCUT2D eigenvalue weighted by atomic mass is 32.2. The summed E-state index contributed by atoms with van der Waals surface area (Å²) in [4.78, 5) is 36.8. The number of benzene rings is 2. The Morgan fingerprint density at radius 3 is 2.42 bits per heavy atom. The molecule has 1 aliphatic heterocycles. The predicted molar refractivity (Wildman–Crippen MR) is 92.5 cm³/mol. The number of carbonyl (C=O) groups is 3. The van der Waals surface area contributed by atoms with Gasteiger partial charge in [-0.15, -0.1) is 0 Å². The van der Waals surface area contributed by atoms with E-state index in [2.05, 4.69) is 5.32 Å². The predicted octanol–water partition coefficient (Wildman–Crippen LogP) is 3.33. The van der Waals surface area contributed by atoms with Crippen molar-refractivity contribution in [1.29, 1.82) is 0 Å². The van der Waals surface area contributed by atoms with Crippen LogP contribution in [0.2, 0.25) is 0 Å². The van der Waals surface area contributed by atoms with Crippen LogP contribution in [0.4, 0.5) is 16.2 Å². The van der Waals surface area contributed by atoms with E-state index in [0.717, 1.165) is 17.3 Å². The standard InChI is InChI=1S/C17H14N2O4S/c1-10-4-2-3-5-13(10)19-15(20)14(24-17(19)23)18-12-8-6-11(7-9-12)16(21)22/h2-9,14,18H,1H3,(H,21,22)/t14-/m0/s1. The summed E-state index contributed by atoms with van der Waals surface area (Å²) in [5, 5.41) is 10.8. The van der Waals surface area contributed by atoms with E-state index in [9.17, 15) is 14.4 Å². The fourth-order valence-electron chi connectivity index (χ4n) is 2.39. The summed E-state index contributed by atoms with van der Waals surface area (Å²) in [6.07, 6.45) is 0. The van der Waals surface area contributed by atoms with Gasteiger partial charge in [-0.1, -0.05) is 18.2 Å². The molecule has 7 heteroatoms. The van der Waals surface area contributed by atoms with Crippen LogP contribution in [0.3, 0.4) is 0 Å². The molecule has 2 aromatic carbocycles. The highest BCUT2D eigenvalue weighted by molar-refractivity contribution is 8.16. The summed E-state index contributed by atoms with van der Waals surface area (Å²) in [6.45, 7) is 1.84. The monoisotopic (exact) mass is 342 g/mol. The molecule has 1 heterocycles. The number of thioether (sulfide) groups is 1. The Balaban J connectivity index is 1.79. The molecule has 0 spiro atoms. The number of imide groups is 1. The molecule has 0 aromatic heterocycles. The van der Waals surface area contributed by atoms with Gasteiger partial charge in [-0.25, -0.2) is 9.69 Å². The number of rotatable bonds is 4. The first-order chi connectivity index (χ1) is 11.5. The van der Waals surface area contributed by atoms with E-state index in [1.165, 1.54) is 17.0 Å². The average molecular weight is 342 g/mol. The number of anilines is 2. The smallest absolute Gasteiger partial charge is 0.335 e. The van der Waals surface area contributed by atoms with Gasteiger partial charge in [0, 0.05) is 5.69 Å². The van der Waals surface area contributed by atoms with Gasteiger partial charge in [-0.05, 0) is 54.6 Å². The average Bonchev–Trinajstić information content (AvgIpc) is 2.83. The van der Waals surface area contributed by atoms with Crippen molar-refractivity contribution in [2.75, 3.05) is 10.2 Å². The van der Waals surface area contributed by atoms with Crippen LogP contribution in [0, 0.1) is 6.92 Å². The van der Waals surface area contributed by atoms with Crippen molar-refractivity contribution < 1.29 is 19.5 Å². The van der Waals surface area contributed by atoms with Crippen molar-refractivity contribution in [2.24, 2.45) is 0 Å². The molecule has 0 unspecified atom stereocenters. The third-order valence-electron chi connectivity index (χ3n) is 3.63. The molecule has 0 saturated carbocycles. The van der Waals surface area contributed by atoms with Crippen LogP contribution in [-0.4, -0.2) is 27.6 Å². The van der Waals surface area contributed by atoms with E-state index < -0.39 is 11.3 Å². The zero-order chi connectivity index (χ0) is 17.3. The lowest BCUT2D eigenvalue weighted by Crippen LogP contribution is -2.34. The van der Waals surface area contributed by atoms with Crippen LogP contribution in [0.15, 0.2) is 48.5 Å². The number of carbonyl (C=O) groups excluding carboxylic acids is 2. The van der Waals surface area contributed by atoms with Crippen LogP contribution in [0.1, 0.15) is 15.9 Å². The van der Waals surface area contributed by atoms with Gasteiger partial charge >= 0.3 is 5.97 Å². The zero-order valence-corrected chi connectivity index (χ0v) is 13.5. The lowest BCUT2D eigenvalue weighted by molar-refractivity contribution is -0.116. The fraction of sp³-hybridized carbons (Fsp3) is 0.118. The molecule has 2 amide bonds. The first kappa shape index (κ1) is 16.1. The SMILES string of the molecule is Cc1ccccc1N1C(=O)S[C@H](Nc2ccc(C(=O)O)cc2)C1=O. The van der Waals surface area contributed by atoms with E-state index in [4.69, 9.17) is 5.11 Å². The minimum Gasteiger partial charge on any atom is -0.478 e. The van der Waals surface area contributed by atoms with Crippen LogP contribution in [-0.2, 0) is 4.79 Å². The number of hydrogen-bond acceptors (Lipinski definition) is 5. The summed E-state index contributed by atoms with van der Waals surface area (Å²) in [6, 6.07) is 13.2. The van der Waals surface area contributed by atoms with Gasteiger partial charge < -0.3 is 10.4 Å². The Kier molecular flexibility index (Phi) is 4.26. The summed E-state index contributed by atoms with van der Waals surface area (Å²) >= 11 is 0.901. The minimum absolute atomic E-state index is 0.156. The number of aryl methyl sites for hydroxylation is 1. The minimum atomic E-state index is -1.02. The molecule has 3 rings (SSSR count). The zero-order valence-electron chi connectivity index (χ0n) is 12.7. The molecule has 1 fully saturated rings. The van der Waals surface area contributed by atoms with Gasteiger partial charge in [0.05, 0.1) is 11.3 Å². The maximum Gasteiger partial charge on any atom is 0.335 e. The topological polar surface area (TPSA) is 86.7 Å². The Morgan fingerprint density at radius 1 is 1.12 bits per heavy atom. The van der Waals surface area contributed by atoms with Crippen LogP contribution in [0.25, 0.3) is 0 Å². The molecule has 122 valence electrons. The van der Waals surface area contributed by atoms with Crippen LogP contribution in [0.5, 0.6) is 0 Å². The van der Waals surface area contributed by atoms with E-state index in [1.54, 1.807) is 24.3 Å². The number of carboxylic acids is 1. The normalized spacial score (nSPS) is 17.2. The van der Waals surface area contributed by atoms with Crippen LogP contribution < -0.4 is 10.2 Å². The van der Waals surface area contributed by atoms with E-state index >= 15 is 0 Å².